The second-order valence-electron chi connectivity index (χ2n) is 4.71. The van der Waals surface area contributed by atoms with Crippen LogP contribution in [0, 0.1) is 0 Å². The molecule has 8 nitrogen and oxygen atoms in total. The number of hydrogen-bond donors (Lipinski definition) is 5. The number of nitrogens with zero attached hydrogens (tertiary/aromatic N) is 1. The number of nitrogens with one attached hydrogen (secondary N) is 1. The van der Waals surface area contributed by atoms with Crippen molar-refractivity contribution in [2.45, 2.75) is 31.8 Å². The Morgan fingerprint density at radius 3 is 1.85 bits per heavy atom. The Bertz CT molecular complexity index is 265. The number of unbranched alkanes of at least 4 members (excludes halogenated alkanes) is 1. The van der Waals surface area contributed by atoms with Crippen molar-refractivity contribution >= 4 is 11.9 Å². The molecule has 7 N–H and O–H groups in total. The first-order valence-electron chi connectivity index (χ1n) is 6.79. The molecule has 0 bridgehead atoms. The van der Waals surface area contributed by atoms with Gasteiger partial charge in [0.25, 0.3) is 0 Å². The molecule has 1 aliphatic heterocycles. The second kappa shape index (κ2) is 11.6. The van der Waals surface area contributed by atoms with Gasteiger partial charge in [0.2, 0.25) is 0 Å². The molecule has 1 rings (SSSR count). The number of carboxylic acids is 2. The highest BCUT2D eigenvalue weighted by molar-refractivity contribution is 5.67. The largest absolute Gasteiger partial charge is 0.481 e. The molecule has 118 valence electrons. The predicted molar refractivity (Wildman–Crippen MR) is 75.2 cm³/mol. The van der Waals surface area contributed by atoms with Gasteiger partial charge in [-0.15, -0.1) is 0 Å². The fraction of sp³-hybridized carbons (Fsp3) is 0.833. The van der Waals surface area contributed by atoms with Crippen LogP contribution in [-0.2, 0) is 9.59 Å². The van der Waals surface area contributed by atoms with Crippen LogP contribution in [0.25, 0.3) is 0 Å². The maximum Gasteiger partial charge on any atom is 0.303 e. The van der Waals surface area contributed by atoms with E-state index >= 15 is 0 Å². The lowest BCUT2D eigenvalue weighted by atomic mass is 10.2. The number of rotatable bonds is 7. The van der Waals surface area contributed by atoms with E-state index in [9.17, 15) is 9.59 Å². The van der Waals surface area contributed by atoms with E-state index in [1.807, 2.05) is 0 Å². The van der Waals surface area contributed by atoms with Gasteiger partial charge in [-0.2, -0.15) is 0 Å². The molecule has 1 heterocycles. The van der Waals surface area contributed by atoms with E-state index < -0.39 is 11.9 Å². The summed E-state index contributed by atoms with van der Waals surface area (Å²) in [6.07, 6.45) is 0.835. The van der Waals surface area contributed by atoms with Gasteiger partial charge in [0.05, 0.1) is 6.17 Å². The molecule has 0 saturated carbocycles. The number of aliphatic carboxylic acids is 2. The zero-order valence-corrected chi connectivity index (χ0v) is 11.8. The first-order valence-corrected chi connectivity index (χ1v) is 6.79. The van der Waals surface area contributed by atoms with Crippen LogP contribution in [0.3, 0.4) is 0 Å². The van der Waals surface area contributed by atoms with Crippen molar-refractivity contribution in [3.05, 3.63) is 0 Å². The molecule has 0 amide bonds. The van der Waals surface area contributed by atoms with Gasteiger partial charge in [-0.25, -0.2) is 0 Å². The van der Waals surface area contributed by atoms with Crippen molar-refractivity contribution in [1.82, 2.24) is 10.2 Å². The minimum atomic E-state index is -0.870. The monoisotopic (exact) mass is 290 g/mol. The third kappa shape index (κ3) is 13.2. The highest BCUT2D eigenvalue weighted by Crippen LogP contribution is 1.98. The molecule has 1 saturated heterocycles. The molecule has 1 fully saturated rings. The van der Waals surface area contributed by atoms with Crippen molar-refractivity contribution in [3.63, 3.8) is 0 Å². The molecule has 0 aromatic rings. The van der Waals surface area contributed by atoms with E-state index in [0.29, 0.717) is 12.8 Å². The highest BCUT2D eigenvalue weighted by Gasteiger charge is 2.09. The Morgan fingerprint density at radius 2 is 1.50 bits per heavy atom. The van der Waals surface area contributed by atoms with Gasteiger partial charge < -0.3 is 27.0 Å². The van der Waals surface area contributed by atoms with Crippen LogP contribution in [0.5, 0.6) is 0 Å². The first-order chi connectivity index (χ1) is 9.41. The Morgan fingerprint density at radius 1 is 1.05 bits per heavy atom. The van der Waals surface area contributed by atoms with Crippen molar-refractivity contribution < 1.29 is 19.8 Å². The topological polar surface area (TPSA) is 142 Å². The summed E-state index contributed by atoms with van der Waals surface area (Å²) in [5.41, 5.74) is 10.9. The van der Waals surface area contributed by atoms with Gasteiger partial charge in [0, 0.05) is 45.6 Å². The lowest BCUT2D eigenvalue weighted by Crippen LogP contribution is -2.50. The lowest BCUT2D eigenvalue weighted by Gasteiger charge is -2.28. The molecule has 0 atom stereocenters. The predicted octanol–water partition coefficient (Wildman–Crippen LogP) is -1.15. The average molecular weight is 290 g/mol. The zero-order chi connectivity index (χ0) is 15.4. The van der Waals surface area contributed by atoms with Gasteiger partial charge in [-0.05, 0) is 12.8 Å². The Balaban J connectivity index is 0.000000361. The minimum absolute atomic E-state index is 0.0628. The standard InChI is InChI=1S/C6H16N4.C6H10O4/c7-6(8)5-10-3-1-9-2-4-10;7-5(8)3-1-2-4-6(9)10/h6,9H,1-5,7-8H2;1-4H2,(H,7,8)(H,9,10). The SMILES string of the molecule is NC(N)CN1CCNCC1.O=C(O)CCCCC(=O)O. The van der Waals surface area contributed by atoms with E-state index in [1.165, 1.54) is 0 Å². The van der Waals surface area contributed by atoms with Crippen LogP contribution in [0.15, 0.2) is 0 Å². The summed E-state index contributed by atoms with van der Waals surface area (Å²) >= 11 is 0. The smallest absolute Gasteiger partial charge is 0.303 e. The summed E-state index contributed by atoms with van der Waals surface area (Å²) in [6, 6.07) is 0. The summed E-state index contributed by atoms with van der Waals surface area (Å²) in [5.74, 6) is -1.74. The fourth-order valence-corrected chi connectivity index (χ4v) is 1.74. The number of piperazine rings is 1. The third-order valence-corrected chi connectivity index (χ3v) is 2.71. The quantitative estimate of drug-likeness (QED) is 0.292. The number of nitrogens with two attached hydrogens (primary N) is 2. The summed E-state index contributed by atoms with van der Waals surface area (Å²) in [6.45, 7) is 5.09. The van der Waals surface area contributed by atoms with Gasteiger partial charge >= 0.3 is 11.9 Å². The summed E-state index contributed by atoms with van der Waals surface area (Å²) < 4.78 is 0. The van der Waals surface area contributed by atoms with Crippen LogP contribution < -0.4 is 16.8 Å². The molecule has 0 aromatic carbocycles. The van der Waals surface area contributed by atoms with Gasteiger partial charge in [0.1, 0.15) is 0 Å². The molecule has 0 radical (unpaired) electrons. The third-order valence-electron chi connectivity index (χ3n) is 2.71. The van der Waals surface area contributed by atoms with Crippen LogP contribution in [0.4, 0.5) is 0 Å². The first kappa shape index (κ1) is 18.8. The van der Waals surface area contributed by atoms with E-state index in [1.54, 1.807) is 0 Å². The molecular formula is C12H26N4O4. The summed E-state index contributed by atoms with van der Waals surface area (Å²) in [5, 5.41) is 19.5. The van der Waals surface area contributed by atoms with E-state index in [-0.39, 0.29) is 19.0 Å². The van der Waals surface area contributed by atoms with Crippen molar-refractivity contribution in [3.8, 4) is 0 Å². The molecule has 0 aliphatic carbocycles. The normalized spacial score (nSPS) is 15.6. The molecule has 20 heavy (non-hydrogen) atoms. The van der Waals surface area contributed by atoms with Gasteiger partial charge in [-0.1, -0.05) is 0 Å². The second-order valence-corrected chi connectivity index (χ2v) is 4.71. The number of hydrogen-bond acceptors (Lipinski definition) is 6. The Kier molecular flexibility index (Phi) is 10.9. The lowest BCUT2D eigenvalue weighted by molar-refractivity contribution is -0.139. The molecule has 1 aliphatic rings. The molecule has 0 spiro atoms. The van der Waals surface area contributed by atoms with Crippen molar-refractivity contribution in [2.75, 3.05) is 32.7 Å². The maximum absolute atomic E-state index is 9.90. The number of carboxylic acid groups (broad SMARTS) is 2. The Hall–Kier alpha value is -1.22. The van der Waals surface area contributed by atoms with Crippen LogP contribution in [-0.4, -0.2) is 65.9 Å². The van der Waals surface area contributed by atoms with Crippen LogP contribution >= 0.6 is 0 Å². The number of carbonyl (C=O) groups is 2. The maximum atomic E-state index is 9.90. The Labute approximate surface area is 119 Å². The van der Waals surface area contributed by atoms with Crippen molar-refractivity contribution in [1.29, 1.82) is 0 Å². The zero-order valence-electron chi connectivity index (χ0n) is 11.8. The molecular weight excluding hydrogens is 264 g/mol. The highest BCUT2D eigenvalue weighted by atomic mass is 16.4. The summed E-state index contributed by atoms with van der Waals surface area (Å²) in [4.78, 5) is 22.1. The van der Waals surface area contributed by atoms with E-state index in [2.05, 4.69) is 10.2 Å². The fourth-order valence-electron chi connectivity index (χ4n) is 1.74. The van der Waals surface area contributed by atoms with Crippen LogP contribution in [0.2, 0.25) is 0 Å². The molecule has 0 aromatic heterocycles. The average Bonchev–Trinajstić information content (AvgIpc) is 2.35. The van der Waals surface area contributed by atoms with E-state index in [0.717, 1.165) is 32.7 Å². The summed E-state index contributed by atoms with van der Waals surface area (Å²) in [7, 11) is 0. The molecule has 0 unspecified atom stereocenters. The van der Waals surface area contributed by atoms with Crippen LogP contribution in [0.1, 0.15) is 25.7 Å². The van der Waals surface area contributed by atoms with Gasteiger partial charge in [-0.3, -0.25) is 14.5 Å². The minimum Gasteiger partial charge on any atom is -0.481 e. The van der Waals surface area contributed by atoms with Gasteiger partial charge in [0.15, 0.2) is 0 Å². The van der Waals surface area contributed by atoms with Crippen molar-refractivity contribution in [2.24, 2.45) is 11.5 Å². The molecule has 8 heteroatoms. The van der Waals surface area contributed by atoms with E-state index in [4.69, 9.17) is 21.7 Å².